The van der Waals surface area contributed by atoms with Crippen molar-refractivity contribution in [3.05, 3.63) is 16.8 Å². The third kappa shape index (κ3) is 3.32. The van der Waals surface area contributed by atoms with Gasteiger partial charge < -0.3 is 9.80 Å². The van der Waals surface area contributed by atoms with Gasteiger partial charge in [-0.2, -0.15) is 0 Å². The zero-order valence-electron chi connectivity index (χ0n) is 13.1. The molecule has 0 aromatic carbocycles. The lowest BCUT2D eigenvalue weighted by Crippen LogP contribution is -2.48. The molecule has 23 heavy (non-hydrogen) atoms. The summed E-state index contributed by atoms with van der Waals surface area (Å²) in [6.45, 7) is 6.58. The van der Waals surface area contributed by atoms with E-state index in [4.69, 9.17) is 0 Å². The van der Waals surface area contributed by atoms with E-state index in [2.05, 4.69) is 23.8 Å². The summed E-state index contributed by atoms with van der Waals surface area (Å²) in [6.07, 6.45) is 2.41. The summed E-state index contributed by atoms with van der Waals surface area (Å²) in [7, 11) is 0. The molecule has 6 nitrogen and oxygen atoms in total. The molecule has 0 unspecified atom stereocenters. The van der Waals surface area contributed by atoms with Crippen LogP contribution in [0.5, 0.6) is 0 Å². The van der Waals surface area contributed by atoms with E-state index in [1.54, 1.807) is 22.6 Å². The number of thiophene rings is 1. The van der Waals surface area contributed by atoms with Crippen molar-refractivity contribution in [3.63, 3.8) is 0 Å². The Morgan fingerprint density at radius 2 is 2.04 bits per heavy atom. The number of aromatic nitrogens is 2. The normalized spacial score (nSPS) is 15.2. The molecular formula is C15H18N4O2S2. The Morgan fingerprint density at radius 3 is 2.74 bits per heavy atom. The monoisotopic (exact) mass is 350 g/mol. The highest BCUT2D eigenvalue weighted by Crippen LogP contribution is 2.34. The fraction of sp³-hybridized carbons (Fsp3) is 0.467. The number of carbonyl (C=O) groups is 2. The fourth-order valence-electron chi connectivity index (χ4n) is 2.56. The van der Waals surface area contributed by atoms with E-state index in [1.807, 2.05) is 4.90 Å². The van der Waals surface area contributed by atoms with Crippen molar-refractivity contribution in [3.8, 4) is 0 Å². The highest BCUT2D eigenvalue weighted by Gasteiger charge is 2.21. The lowest BCUT2D eigenvalue weighted by molar-refractivity contribution is -0.132. The predicted octanol–water partition coefficient (Wildman–Crippen LogP) is 1.70. The number of piperazine rings is 1. The molecule has 8 heteroatoms. The second kappa shape index (κ2) is 6.84. The maximum absolute atomic E-state index is 12.4. The maximum atomic E-state index is 12.4. The van der Waals surface area contributed by atoms with Crippen LogP contribution < -0.4 is 0 Å². The van der Waals surface area contributed by atoms with Gasteiger partial charge in [-0.3, -0.25) is 9.59 Å². The summed E-state index contributed by atoms with van der Waals surface area (Å²) >= 11 is 3.13. The minimum absolute atomic E-state index is 0.0944. The van der Waals surface area contributed by atoms with Crippen molar-refractivity contribution in [1.82, 2.24) is 19.8 Å². The van der Waals surface area contributed by atoms with Crippen LogP contribution in [0.2, 0.25) is 0 Å². The number of amides is 2. The highest BCUT2D eigenvalue weighted by atomic mass is 32.2. The number of nitrogens with zero attached hydrogens (tertiary/aromatic N) is 4. The van der Waals surface area contributed by atoms with Gasteiger partial charge in [-0.25, -0.2) is 9.97 Å². The topological polar surface area (TPSA) is 66.4 Å². The van der Waals surface area contributed by atoms with Gasteiger partial charge in [0.25, 0.3) is 0 Å². The first kappa shape index (κ1) is 16.2. The fourth-order valence-corrected chi connectivity index (χ4v) is 4.58. The van der Waals surface area contributed by atoms with Crippen LogP contribution in [0, 0.1) is 13.8 Å². The van der Waals surface area contributed by atoms with Crippen LogP contribution >= 0.6 is 23.1 Å². The predicted molar refractivity (Wildman–Crippen MR) is 91.8 cm³/mol. The van der Waals surface area contributed by atoms with Gasteiger partial charge in [-0.05, 0) is 19.4 Å². The minimum Gasteiger partial charge on any atom is -0.342 e. The summed E-state index contributed by atoms with van der Waals surface area (Å²) in [5.74, 6) is 0.457. The molecule has 1 fully saturated rings. The van der Waals surface area contributed by atoms with Crippen molar-refractivity contribution in [2.75, 3.05) is 31.9 Å². The quantitative estimate of drug-likeness (QED) is 0.477. The summed E-state index contributed by atoms with van der Waals surface area (Å²) in [4.78, 5) is 37.5. The number of thioether (sulfide) groups is 1. The van der Waals surface area contributed by atoms with Crippen LogP contribution in [-0.4, -0.2) is 64.0 Å². The molecule has 3 heterocycles. The number of rotatable bonds is 4. The molecule has 0 aliphatic carbocycles. The van der Waals surface area contributed by atoms with E-state index in [0.717, 1.165) is 21.7 Å². The second-order valence-electron chi connectivity index (χ2n) is 5.45. The molecule has 1 aliphatic heterocycles. The van der Waals surface area contributed by atoms with Crippen molar-refractivity contribution >= 4 is 45.6 Å². The van der Waals surface area contributed by atoms with Gasteiger partial charge >= 0.3 is 0 Å². The Balaban J connectivity index is 1.67. The van der Waals surface area contributed by atoms with Crippen molar-refractivity contribution in [2.45, 2.75) is 18.9 Å². The number of hydrogen-bond acceptors (Lipinski definition) is 6. The van der Waals surface area contributed by atoms with Gasteiger partial charge in [0, 0.05) is 36.4 Å². The van der Waals surface area contributed by atoms with Crippen LogP contribution in [0.1, 0.15) is 10.4 Å². The second-order valence-corrected chi connectivity index (χ2v) is 7.62. The van der Waals surface area contributed by atoms with Crippen LogP contribution in [0.4, 0.5) is 0 Å². The zero-order chi connectivity index (χ0) is 16.4. The first-order valence-electron chi connectivity index (χ1n) is 7.40. The molecule has 0 N–H and O–H groups in total. The molecule has 3 rings (SSSR count). The smallest absolute Gasteiger partial charge is 0.233 e. The van der Waals surface area contributed by atoms with Gasteiger partial charge in [0.15, 0.2) is 0 Å². The van der Waals surface area contributed by atoms with Gasteiger partial charge in [-0.15, -0.1) is 11.3 Å². The Hall–Kier alpha value is -1.67. The summed E-state index contributed by atoms with van der Waals surface area (Å²) in [5.41, 5.74) is 1.19. The van der Waals surface area contributed by atoms with Gasteiger partial charge in [0.1, 0.15) is 16.2 Å². The SMILES string of the molecule is Cc1sc2ncnc(SCC(=O)N3CCN(C=O)CC3)c2c1C. The van der Waals surface area contributed by atoms with E-state index in [0.29, 0.717) is 31.9 Å². The largest absolute Gasteiger partial charge is 0.342 e. The Bertz CT molecular complexity index is 738. The molecule has 0 saturated carbocycles. The molecule has 0 bridgehead atoms. The molecule has 2 aromatic heterocycles. The summed E-state index contributed by atoms with van der Waals surface area (Å²) in [6, 6.07) is 0. The highest BCUT2D eigenvalue weighted by molar-refractivity contribution is 8.00. The molecule has 122 valence electrons. The first-order valence-corrected chi connectivity index (χ1v) is 9.21. The Labute approximate surface area is 142 Å². The summed E-state index contributed by atoms with van der Waals surface area (Å²) < 4.78 is 0. The Morgan fingerprint density at radius 1 is 1.30 bits per heavy atom. The molecule has 1 saturated heterocycles. The molecule has 0 atom stereocenters. The first-order chi connectivity index (χ1) is 11.1. The molecule has 2 aromatic rings. The van der Waals surface area contributed by atoms with Gasteiger partial charge in [0.2, 0.25) is 12.3 Å². The number of aryl methyl sites for hydroxylation is 2. The zero-order valence-corrected chi connectivity index (χ0v) is 14.7. The van der Waals surface area contributed by atoms with Crippen LogP contribution in [0.15, 0.2) is 11.4 Å². The number of fused-ring (bicyclic) bond motifs is 1. The van der Waals surface area contributed by atoms with Crippen molar-refractivity contribution in [1.29, 1.82) is 0 Å². The minimum atomic E-state index is 0.0944. The van der Waals surface area contributed by atoms with E-state index in [9.17, 15) is 9.59 Å². The van der Waals surface area contributed by atoms with E-state index in [-0.39, 0.29) is 5.91 Å². The molecule has 1 aliphatic rings. The molecule has 0 radical (unpaired) electrons. The molecule has 0 spiro atoms. The van der Waals surface area contributed by atoms with Gasteiger partial charge in [-0.1, -0.05) is 11.8 Å². The Kier molecular flexibility index (Phi) is 4.82. The van der Waals surface area contributed by atoms with Crippen LogP contribution in [-0.2, 0) is 9.59 Å². The summed E-state index contributed by atoms with van der Waals surface area (Å²) in [5, 5.41) is 1.94. The number of carbonyl (C=O) groups excluding carboxylic acids is 2. The third-order valence-electron chi connectivity index (χ3n) is 4.08. The van der Waals surface area contributed by atoms with Crippen LogP contribution in [0.25, 0.3) is 10.2 Å². The van der Waals surface area contributed by atoms with Crippen LogP contribution in [0.3, 0.4) is 0 Å². The van der Waals surface area contributed by atoms with E-state index >= 15 is 0 Å². The molecular weight excluding hydrogens is 332 g/mol. The maximum Gasteiger partial charge on any atom is 0.233 e. The number of hydrogen-bond donors (Lipinski definition) is 0. The lowest BCUT2D eigenvalue weighted by atomic mass is 10.2. The molecule has 2 amide bonds. The van der Waals surface area contributed by atoms with E-state index < -0.39 is 0 Å². The average Bonchev–Trinajstić information content (AvgIpc) is 2.88. The van der Waals surface area contributed by atoms with Crippen molar-refractivity contribution in [2.24, 2.45) is 0 Å². The van der Waals surface area contributed by atoms with Crippen molar-refractivity contribution < 1.29 is 9.59 Å². The third-order valence-corrected chi connectivity index (χ3v) is 6.17. The standard InChI is InChI=1S/C15H18N4O2S2/c1-10-11(2)23-15-13(10)14(16-8-17-15)22-7-12(21)19-5-3-18(9-20)4-6-19/h8-9H,3-7H2,1-2H3. The average molecular weight is 350 g/mol. The van der Waals surface area contributed by atoms with E-state index in [1.165, 1.54) is 22.2 Å². The van der Waals surface area contributed by atoms with Gasteiger partial charge in [0.05, 0.1) is 5.75 Å². The lowest BCUT2D eigenvalue weighted by Gasteiger charge is -2.32.